The lowest BCUT2D eigenvalue weighted by Crippen LogP contribution is -2.34. The molecule has 0 bridgehead atoms. The summed E-state index contributed by atoms with van der Waals surface area (Å²) in [5.41, 5.74) is 1.49. The van der Waals surface area contributed by atoms with Gasteiger partial charge in [0.05, 0.1) is 0 Å². The van der Waals surface area contributed by atoms with Crippen LogP contribution < -0.4 is 5.30 Å². The Kier molecular flexibility index (Phi) is 5.44. The molecule has 0 N–H and O–H groups in total. The van der Waals surface area contributed by atoms with Gasteiger partial charge in [-0.25, -0.2) is 0 Å². The van der Waals surface area contributed by atoms with Crippen LogP contribution in [-0.2, 0) is 0 Å². The molecule has 1 aromatic rings. The second kappa shape index (κ2) is 6.16. The highest BCUT2D eigenvalue weighted by Gasteiger charge is 2.37. The molecule has 2 heteroatoms. The van der Waals surface area contributed by atoms with Crippen LogP contribution in [0.4, 0.5) is 0 Å². The molecule has 0 heterocycles. The monoisotopic (exact) mass is 293 g/mol. The molecule has 1 aromatic carbocycles. The third kappa shape index (κ3) is 4.06. The van der Waals surface area contributed by atoms with Crippen molar-refractivity contribution in [1.82, 2.24) is 4.90 Å². The zero-order valence-electron chi connectivity index (χ0n) is 14.8. The van der Waals surface area contributed by atoms with Crippen molar-refractivity contribution >= 4 is 13.2 Å². The average Bonchev–Trinajstić information content (AvgIpc) is 2.24. The summed E-state index contributed by atoms with van der Waals surface area (Å²) >= 11 is 0. The van der Waals surface area contributed by atoms with Crippen LogP contribution in [0.2, 0.25) is 0 Å². The van der Waals surface area contributed by atoms with E-state index in [0.717, 1.165) is 0 Å². The van der Waals surface area contributed by atoms with Gasteiger partial charge in [-0.2, -0.15) is 0 Å². The van der Waals surface area contributed by atoms with Gasteiger partial charge in [0, 0.05) is 6.04 Å². The Bertz CT molecular complexity index is 423. The molecular weight excluding hydrogens is 261 g/mol. The molecule has 0 aliphatic heterocycles. The SMILES string of the molecule is CC(c1ccccc1P(C(C)(C)C)C(C)(C)C)N(C)C. The molecule has 0 spiro atoms. The lowest BCUT2D eigenvalue weighted by Gasteiger charge is -2.43. The summed E-state index contributed by atoms with van der Waals surface area (Å²) in [6.07, 6.45) is 0. The van der Waals surface area contributed by atoms with Crippen LogP contribution in [0, 0.1) is 0 Å². The normalized spacial score (nSPS) is 14.9. The molecule has 0 aliphatic rings. The van der Waals surface area contributed by atoms with Crippen molar-refractivity contribution in [3.8, 4) is 0 Å². The first-order chi connectivity index (χ1) is 8.96. The van der Waals surface area contributed by atoms with E-state index in [1.807, 2.05) is 0 Å². The van der Waals surface area contributed by atoms with Gasteiger partial charge in [-0.1, -0.05) is 73.7 Å². The molecule has 0 amide bonds. The minimum atomic E-state index is -0.243. The fraction of sp³-hybridized carbons (Fsp3) is 0.667. The van der Waals surface area contributed by atoms with Gasteiger partial charge < -0.3 is 4.90 Å². The molecular formula is C18H32NP. The Balaban J connectivity index is 3.43. The Hall–Kier alpha value is -0.390. The van der Waals surface area contributed by atoms with Crippen LogP contribution in [-0.4, -0.2) is 29.3 Å². The van der Waals surface area contributed by atoms with Crippen LogP contribution >= 0.6 is 7.92 Å². The van der Waals surface area contributed by atoms with E-state index in [1.54, 1.807) is 5.30 Å². The average molecular weight is 293 g/mol. The highest BCUT2D eigenvalue weighted by atomic mass is 31.1. The minimum Gasteiger partial charge on any atom is -0.303 e. The fourth-order valence-corrected chi connectivity index (χ4v) is 7.26. The molecule has 0 saturated heterocycles. The second-order valence-corrected chi connectivity index (χ2v) is 11.7. The van der Waals surface area contributed by atoms with Crippen molar-refractivity contribution in [3.63, 3.8) is 0 Å². The molecule has 0 aromatic heterocycles. The molecule has 0 radical (unpaired) electrons. The lowest BCUT2D eigenvalue weighted by molar-refractivity contribution is 0.322. The molecule has 0 saturated carbocycles. The van der Waals surface area contributed by atoms with Gasteiger partial charge in [0.2, 0.25) is 0 Å². The van der Waals surface area contributed by atoms with E-state index in [4.69, 9.17) is 0 Å². The van der Waals surface area contributed by atoms with Crippen LogP contribution in [0.25, 0.3) is 0 Å². The number of nitrogens with zero attached hydrogens (tertiary/aromatic N) is 1. The number of hydrogen-bond donors (Lipinski definition) is 0. The third-order valence-corrected chi connectivity index (χ3v) is 7.32. The van der Waals surface area contributed by atoms with Gasteiger partial charge in [-0.15, -0.1) is 0 Å². The lowest BCUT2D eigenvalue weighted by atomic mass is 10.1. The van der Waals surface area contributed by atoms with Gasteiger partial charge >= 0.3 is 0 Å². The van der Waals surface area contributed by atoms with E-state index >= 15 is 0 Å². The standard InChI is InChI=1S/C18H32NP/c1-14(19(8)9)15-12-10-11-13-16(15)20(17(2,3)4)18(5,6)7/h10-14H,1-9H3. The number of rotatable bonds is 3. The first-order valence-corrected chi connectivity index (χ1v) is 8.86. The molecule has 1 atom stereocenters. The van der Waals surface area contributed by atoms with Gasteiger partial charge in [0.1, 0.15) is 0 Å². The van der Waals surface area contributed by atoms with E-state index < -0.39 is 0 Å². The van der Waals surface area contributed by atoms with Gasteiger partial charge in [-0.3, -0.25) is 0 Å². The maximum Gasteiger partial charge on any atom is 0.0320 e. The molecule has 20 heavy (non-hydrogen) atoms. The summed E-state index contributed by atoms with van der Waals surface area (Å²) in [7, 11) is 4.09. The highest BCUT2D eigenvalue weighted by molar-refractivity contribution is 7.68. The Morgan fingerprint density at radius 3 is 1.75 bits per heavy atom. The van der Waals surface area contributed by atoms with Crippen molar-refractivity contribution in [1.29, 1.82) is 0 Å². The molecule has 0 aliphatic carbocycles. The maximum absolute atomic E-state index is 2.39. The largest absolute Gasteiger partial charge is 0.303 e. The predicted molar refractivity (Wildman–Crippen MR) is 94.6 cm³/mol. The van der Waals surface area contributed by atoms with Crippen molar-refractivity contribution < 1.29 is 0 Å². The van der Waals surface area contributed by atoms with E-state index in [1.165, 1.54) is 5.56 Å². The highest BCUT2D eigenvalue weighted by Crippen LogP contribution is 2.59. The van der Waals surface area contributed by atoms with E-state index in [0.29, 0.717) is 16.4 Å². The van der Waals surface area contributed by atoms with Gasteiger partial charge in [0.15, 0.2) is 0 Å². The Morgan fingerprint density at radius 1 is 0.900 bits per heavy atom. The van der Waals surface area contributed by atoms with E-state index in [2.05, 4.69) is 91.7 Å². The van der Waals surface area contributed by atoms with Crippen molar-refractivity contribution in [2.24, 2.45) is 0 Å². The number of benzene rings is 1. The summed E-state index contributed by atoms with van der Waals surface area (Å²) in [6.45, 7) is 16.6. The van der Waals surface area contributed by atoms with Crippen LogP contribution in [0.3, 0.4) is 0 Å². The third-order valence-electron chi connectivity index (χ3n) is 3.74. The van der Waals surface area contributed by atoms with Crippen LogP contribution in [0.15, 0.2) is 24.3 Å². The zero-order chi connectivity index (χ0) is 15.7. The van der Waals surface area contributed by atoms with Gasteiger partial charge in [0.25, 0.3) is 0 Å². The summed E-state index contributed by atoms with van der Waals surface area (Å²) in [6, 6.07) is 9.51. The van der Waals surface area contributed by atoms with Crippen LogP contribution in [0.1, 0.15) is 60.1 Å². The molecule has 0 fully saturated rings. The quantitative estimate of drug-likeness (QED) is 0.708. The maximum atomic E-state index is 2.39. The van der Waals surface area contributed by atoms with Crippen molar-refractivity contribution in [2.45, 2.75) is 64.8 Å². The van der Waals surface area contributed by atoms with E-state index in [9.17, 15) is 0 Å². The first-order valence-electron chi connectivity index (χ1n) is 7.52. The topological polar surface area (TPSA) is 3.24 Å². The van der Waals surface area contributed by atoms with Crippen molar-refractivity contribution in [2.75, 3.05) is 14.1 Å². The molecule has 1 unspecified atom stereocenters. The Morgan fingerprint density at radius 2 is 1.35 bits per heavy atom. The second-order valence-electron chi connectivity index (χ2n) is 7.88. The van der Waals surface area contributed by atoms with Crippen molar-refractivity contribution in [3.05, 3.63) is 29.8 Å². The van der Waals surface area contributed by atoms with E-state index in [-0.39, 0.29) is 7.92 Å². The zero-order valence-corrected chi connectivity index (χ0v) is 15.7. The smallest absolute Gasteiger partial charge is 0.0320 e. The summed E-state index contributed by atoms with van der Waals surface area (Å²) in [4.78, 5) is 2.30. The number of hydrogen-bond acceptors (Lipinski definition) is 1. The summed E-state index contributed by atoms with van der Waals surface area (Å²) in [5.74, 6) is 0. The molecule has 1 nitrogen and oxygen atoms in total. The minimum absolute atomic E-state index is 0.243. The van der Waals surface area contributed by atoms with Crippen LogP contribution in [0.5, 0.6) is 0 Å². The predicted octanol–water partition coefficient (Wildman–Crippen LogP) is 5.01. The first kappa shape index (κ1) is 17.7. The molecule has 114 valence electrons. The molecule has 1 rings (SSSR count). The van der Waals surface area contributed by atoms with Gasteiger partial charge in [-0.05, 0) is 42.2 Å². The summed E-state index contributed by atoms with van der Waals surface area (Å²) in [5, 5.41) is 2.20. The summed E-state index contributed by atoms with van der Waals surface area (Å²) < 4.78 is 0. The fourth-order valence-electron chi connectivity index (χ4n) is 3.05. The Labute approximate surface area is 127 Å².